The van der Waals surface area contributed by atoms with Gasteiger partial charge in [-0.05, 0) is 19.1 Å². The van der Waals surface area contributed by atoms with Gasteiger partial charge in [0.2, 0.25) is 0 Å². The van der Waals surface area contributed by atoms with Crippen LogP contribution >= 0.6 is 0 Å². The average Bonchev–Trinajstić information content (AvgIpc) is 2.28. The van der Waals surface area contributed by atoms with E-state index in [4.69, 9.17) is 10.2 Å². The molecule has 1 heterocycles. The Morgan fingerprint density at radius 2 is 2.17 bits per heavy atom. The lowest BCUT2D eigenvalue weighted by atomic mass is 10.3. The molecule has 18 heavy (non-hydrogen) atoms. The van der Waals surface area contributed by atoms with Gasteiger partial charge in [-0.25, -0.2) is 14.6 Å². The first-order valence-corrected chi connectivity index (χ1v) is 5.29. The Morgan fingerprint density at radius 1 is 1.50 bits per heavy atom. The van der Waals surface area contributed by atoms with Gasteiger partial charge in [0, 0.05) is 13.6 Å². The highest BCUT2D eigenvalue weighted by Gasteiger charge is 2.11. The van der Waals surface area contributed by atoms with E-state index in [2.05, 4.69) is 10.3 Å². The topological polar surface area (TPSA) is 103 Å². The molecule has 3 N–H and O–H groups in total. The summed E-state index contributed by atoms with van der Waals surface area (Å²) < 4.78 is 0. The van der Waals surface area contributed by atoms with Crippen molar-refractivity contribution in [2.24, 2.45) is 0 Å². The molecule has 1 rings (SSSR count). The van der Waals surface area contributed by atoms with Crippen molar-refractivity contribution in [3.63, 3.8) is 0 Å². The Balaban J connectivity index is 2.62. The Hall–Kier alpha value is -2.15. The van der Waals surface area contributed by atoms with Crippen LogP contribution in [-0.4, -0.2) is 51.8 Å². The van der Waals surface area contributed by atoms with Crippen molar-refractivity contribution in [1.82, 2.24) is 9.88 Å². The summed E-state index contributed by atoms with van der Waals surface area (Å²) in [6.45, 7) is 1.78. The predicted octanol–water partition coefficient (Wildman–Crippen LogP) is 0.624. The lowest BCUT2D eigenvalue weighted by Crippen LogP contribution is -2.36. The average molecular weight is 253 g/mol. The molecule has 7 heteroatoms. The molecule has 0 fully saturated rings. The van der Waals surface area contributed by atoms with Crippen LogP contribution in [0.1, 0.15) is 17.4 Å². The van der Waals surface area contributed by atoms with E-state index in [1.54, 1.807) is 14.0 Å². The second-order valence-corrected chi connectivity index (χ2v) is 3.90. The van der Waals surface area contributed by atoms with Gasteiger partial charge in [-0.1, -0.05) is 0 Å². The van der Waals surface area contributed by atoms with Crippen LogP contribution < -0.4 is 5.32 Å². The summed E-state index contributed by atoms with van der Waals surface area (Å²) in [5.74, 6) is -1.13. The number of rotatable bonds is 4. The molecule has 0 spiro atoms. The van der Waals surface area contributed by atoms with Crippen LogP contribution in [0, 0.1) is 0 Å². The summed E-state index contributed by atoms with van der Waals surface area (Å²) in [5.41, 5.74) is 0.299. The molecule has 1 atom stereocenters. The van der Waals surface area contributed by atoms with Gasteiger partial charge in [-0.2, -0.15) is 0 Å². The molecule has 1 aromatic rings. The molecular formula is C11H15N3O4. The van der Waals surface area contributed by atoms with Crippen LogP contribution in [0.25, 0.3) is 0 Å². The third-order valence-electron chi connectivity index (χ3n) is 2.12. The highest BCUT2D eigenvalue weighted by atomic mass is 16.4. The van der Waals surface area contributed by atoms with Crippen LogP contribution in [0.2, 0.25) is 0 Å². The minimum atomic E-state index is -1.13. The van der Waals surface area contributed by atoms with Gasteiger partial charge in [0.1, 0.15) is 5.69 Å². The second-order valence-electron chi connectivity index (χ2n) is 3.90. The molecular weight excluding hydrogens is 238 g/mol. The monoisotopic (exact) mass is 253 g/mol. The third-order valence-corrected chi connectivity index (χ3v) is 2.12. The number of aliphatic hydroxyl groups is 1. The highest BCUT2D eigenvalue weighted by molar-refractivity contribution is 5.90. The molecule has 98 valence electrons. The zero-order valence-electron chi connectivity index (χ0n) is 10.1. The van der Waals surface area contributed by atoms with Crippen molar-refractivity contribution in [2.45, 2.75) is 13.0 Å². The van der Waals surface area contributed by atoms with Gasteiger partial charge >= 0.3 is 12.0 Å². The van der Waals surface area contributed by atoms with E-state index in [1.165, 1.54) is 23.2 Å². The van der Waals surface area contributed by atoms with Crippen molar-refractivity contribution in [2.75, 3.05) is 18.9 Å². The maximum Gasteiger partial charge on any atom is 0.354 e. The quantitative estimate of drug-likeness (QED) is 0.730. The summed E-state index contributed by atoms with van der Waals surface area (Å²) in [5, 5.41) is 20.3. The number of hydrogen-bond acceptors (Lipinski definition) is 4. The number of hydrogen-bond donors (Lipinski definition) is 3. The maximum absolute atomic E-state index is 11.6. The van der Waals surface area contributed by atoms with E-state index in [1.807, 2.05) is 0 Å². The number of nitrogens with zero attached hydrogens (tertiary/aromatic N) is 2. The number of carboxylic acid groups (broad SMARTS) is 1. The van der Waals surface area contributed by atoms with E-state index < -0.39 is 18.1 Å². The number of carbonyl (C=O) groups is 2. The number of carbonyl (C=O) groups excluding carboxylic acids is 1. The SMILES string of the molecule is CC(O)CN(C)C(=O)Nc1ccc(C(=O)O)nc1. The fourth-order valence-corrected chi connectivity index (χ4v) is 1.29. The van der Waals surface area contributed by atoms with E-state index >= 15 is 0 Å². The summed E-state index contributed by atoms with van der Waals surface area (Å²) in [6.07, 6.45) is 0.644. The van der Waals surface area contributed by atoms with E-state index in [-0.39, 0.29) is 12.2 Å². The molecule has 0 bridgehead atoms. The molecule has 0 saturated heterocycles. The number of aliphatic hydroxyl groups excluding tert-OH is 1. The van der Waals surface area contributed by atoms with Crippen LogP contribution in [0.15, 0.2) is 18.3 Å². The normalized spacial score (nSPS) is 11.7. The smallest absolute Gasteiger partial charge is 0.354 e. The number of anilines is 1. The summed E-state index contributed by atoms with van der Waals surface area (Å²) in [6, 6.07) is 2.35. The summed E-state index contributed by atoms with van der Waals surface area (Å²) >= 11 is 0. The van der Waals surface area contributed by atoms with Crippen molar-refractivity contribution >= 4 is 17.7 Å². The number of nitrogens with one attached hydrogen (secondary N) is 1. The third kappa shape index (κ3) is 4.02. The Kier molecular flexibility index (Phi) is 4.61. The Labute approximate surface area is 104 Å². The lowest BCUT2D eigenvalue weighted by Gasteiger charge is -2.19. The number of urea groups is 1. The highest BCUT2D eigenvalue weighted by Crippen LogP contribution is 2.07. The molecule has 1 unspecified atom stereocenters. The van der Waals surface area contributed by atoms with Crippen molar-refractivity contribution in [3.8, 4) is 0 Å². The lowest BCUT2D eigenvalue weighted by molar-refractivity contribution is 0.0690. The van der Waals surface area contributed by atoms with Gasteiger partial charge in [-0.15, -0.1) is 0 Å². The first-order chi connectivity index (χ1) is 8.40. The standard InChI is InChI=1S/C11H15N3O4/c1-7(15)6-14(2)11(18)13-8-3-4-9(10(16)17)12-5-8/h3-5,7,15H,6H2,1-2H3,(H,13,18)(H,16,17). The van der Waals surface area contributed by atoms with Crippen LogP contribution in [0.3, 0.4) is 0 Å². The van der Waals surface area contributed by atoms with Crippen molar-refractivity contribution < 1.29 is 19.8 Å². The van der Waals surface area contributed by atoms with Crippen LogP contribution in [0.4, 0.5) is 10.5 Å². The maximum atomic E-state index is 11.6. The number of likely N-dealkylation sites (N-methyl/N-ethyl adjacent to an activating group) is 1. The predicted molar refractivity (Wildman–Crippen MR) is 64.5 cm³/mol. The number of amides is 2. The molecule has 0 aliphatic rings. The van der Waals surface area contributed by atoms with Crippen LogP contribution in [-0.2, 0) is 0 Å². The van der Waals surface area contributed by atoms with Gasteiger partial charge < -0.3 is 20.4 Å². The van der Waals surface area contributed by atoms with Crippen molar-refractivity contribution in [3.05, 3.63) is 24.0 Å². The minimum absolute atomic E-state index is 0.0923. The largest absolute Gasteiger partial charge is 0.477 e. The second kappa shape index (κ2) is 5.97. The van der Waals surface area contributed by atoms with Crippen molar-refractivity contribution in [1.29, 1.82) is 0 Å². The number of pyridine rings is 1. The first-order valence-electron chi connectivity index (χ1n) is 5.29. The zero-order valence-corrected chi connectivity index (χ0v) is 10.1. The van der Waals surface area contributed by atoms with E-state index in [0.717, 1.165) is 0 Å². The fraction of sp³-hybridized carbons (Fsp3) is 0.364. The number of aromatic nitrogens is 1. The van der Waals surface area contributed by atoms with Crippen LogP contribution in [0.5, 0.6) is 0 Å². The number of carboxylic acids is 1. The fourth-order valence-electron chi connectivity index (χ4n) is 1.29. The van der Waals surface area contributed by atoms with E-state index in [9.17, 15) is 9.59 Å². The molecule has 2 amide bonds. The molecule has 0 radical (unpaired) electrons. The molecule has 0 aromatic carbocycles. The molecule has 7 nitrogen and oxygen atoms in total. The first kappa shape index (κ1) is 13.9. The molecule has 0 saturated carbocycles. The van der Waals surface area contributed by atoms with Gasteiger partial charge in [-0.3, -0.25) is 0 Å². The molecule has 0 aliphatic carbocycles. The summed E-state index contributed by atoms with van der Waals surface area (Å²) in [7, 11) is 1.54. The minimum Gasteiger partial charge on any atom is -0.477 e. The van der Waals surface area contributed by atoms with Gasteiger partial charge in [0.25, 0.3) is 0 Å². The Morgan fingerprint density at radius 3 is 2.61 bits per heavy atom. The molecule has 1 aromatic heterocycles. The van der Waals surface area contributed by atoms with Gasteiger partial charge in [0.15, 0.2) is 0 Å². The van der Waals surface area contributed by atoms with Gasteiger partial charge in [0.05, 0.1) is 18.0 Å². The van der Waals surface area contributed by atoms with E-state index in [0.29, 0.717) is 5.69 Å². The zero-order chi connectivity index (χ0) is 13.7. The summed E-state index contributed by atoms with van der Waals surface area (Å²) in [4.78, 5) is 27.2. The number of aromatic carboxylic acids is 1. The Bertz CT molecular complexity index is 430. The molecule has 0 aliphatic heterocycles.